The van der Waals surface area contributed by atoms with Gasteiger partial charge in [0.25, 0.3) is 0 Å². The first-order chi connectivity index (χ1) is 9.99. The van der Waals surface area contributed by atoms with Crippen molar-refractivity contribution in [3.05, 3.63) is 36.9 Å². The van der Waals surface area contributed by atoms with Crippen LogP contribution in [0.5, 0.6) is 0 Å². The van der Waals surface area contributed by atoms with E-state index < -0.39 is 0 Å². The van der Waals surface area contributed by atoms with Crippen molar-refractivity contribution < 1.29 is 0 Å². The minimum absolute atomic E-state index is 0.696. The van der Waals surface area contributed by atoms with E-state index in [2.05, 4.69) is 27.1 Å². The van der Waals surface area contributed by atoms with Gasteiger partial charge in [-0.1, -0.05) is 11.6 Å². The number of rotatable bonds is 4. The second-order valence-corrected chi connectivity index (χ2v) is 7.80. The Bertz CT molecular complexity index is 613. The van der Waals surface area contributed by atoms with Gasteiger partial charge in [-0.3, -0.25) is 4.99 Å². The van der Waals surface area contributed by atoms with E-state index in [1.165, 1.54) is 9.75 Å². The maximum absolute atomic E-state index is 5.96. The van der Waals surface area contributed by atoms with Crippen molar-refractivity contribution >= 4 is 40.2 Å². The molecule has 0 aromatic carbocycles. The second-order valence-electron chi connectivity index (χ2n) is 4.71. The molecule has 0 spiro atoms. The summed E-state index contributed by atoms with van der Waals surface area (Å²) in [6.45, 7) is 5.61. The Morgan fingerprint density at radius 1 is 1.38 bits per heavy atom. The molecule has 0 aliphatic carbocycles. The predicted octanol–water partition coefficient (Wildman–Crippen LogP) is 3.68. The number of aryl methyl sites for hydroxylation is 2. The SMILES string of the molecule is CN=C(NCc1nc(C)c(C)s1)N(C)Cc1ccc(Cl)s1. The summed E-state index contributed by atoms with van der Waals surface area (Å²) in [5.74, 6) is 0.852. The lowest BCUT2D eigenvalue weighted by Gasteiger charge is -2.21. The minimum Gasteiger partial charge on any atom is -0.350 e. The topological polar surface area (TPSA) is 40.5 Å². The summed E-state index contributed by atoms with van der Waals surface area (Å²) >= 11 is 9.28. The number of nitrogens with zero attached hydrogens (tertiary/aromatic N) is 3. The van der Waals surface area contributed by atoms with Crippen molar-refractivity contribution in [3.63, 3.8) is 0 Å². The molecule has 1 N–H and O–H groups in total. The molecule has 2 heterocycles. The number of aromatic nitrogens is 1. The lowest BCUT2D eigenvalue weighted by atomic mass is 10.4. The molecule has 2 rings (SSSR count). The zero-order chi connectivity index (χ0) is 15.4. The van der Waals surface area contributed by atoms with Gasteiger partial charge < -0.3 is 10.2 Å². The lowest BCUT2D eigenvalue weighted by Crippen LogP contribution is -2.37. The molecule has 0 fully saturated rings. The maximum Gasteiger partial charge on any atom is 0.194 e. The normalized spacial score (nSPS) is 11.8. The van der Waals surface area contributed by atoms with Crippen LogP contribution in [0.15, 0.2) is 17.1 Å². The highest BCUT2D eigenvalue weighted by atomic mass is 35.5. The van der Waals surface area contributed by atoms with Gasteiger partial charge in [0.05, 0.1) is 23.1 Å². The standard InChI is InChI=1S/C14H19ClN4S2/c1-9-10(2)20-13(18-9)7-17-14(16-3)19(4)8-11-5-6-12(15)21-11/h5-6H,7-8H2,1-4H3,(H,16,17). The van der Waals surface area contributed by atoms with E-state index in [-0.39, 0.29) is 0 Å². The van der Waals surface area contributed by atoms with Gasteiger partial charge in [-0.25, -0.2) is 4.98 Å². The van der Waals surface area contributed by atoms with Crippen LogP contribution in [0.3, 0.4) is 0 Å². The smallest absolute Gasteiger partial charge is 0.194 e. The van der Waals surface area contributed by atoms with Gasteiger partial charge in [0, 0.05) is 23.8 Å². The predicted molar refractivity (Wildman–Crippen MR) is 92.6 cm³/mol. The minimum atomic E-state index is 0.696. The van der Waals surface area contributed by atoms with Crippen LogP contribution < -0.4 is 5.32 Å². The number of hydrogen-bond acceptors (Lipinski definition) is 4. The molecule has 2 aromatic heterocycles. The number of halogens is 1. The summed E-state index contributed by atoms with van der Waals surface area (Å²) in [4.78, 5) is 13.4. The van der Waals surface area contributed by atoms with Gasteiger partial charge in [0.2, 0.25) is 0 Å². The molecule has 0 saturated carbocycles. The molecule has 0 saturated heterocycles. The van der Waals surface area contributed by atoms with E-state index in [9.17, 15) is 0 Å². The third kappa shape index (κ3) is 4.43. The Labute approximate surface area is 138 Å². The Kier molecular flexibility index (Phi) is 5.61. The van der Waals surface area contributed by atoms with Crippen LogP contribution in [0.25, 0.3) is 0 Å². The molecule has 4 nitrogen and oxygen atoms in total. The van der Waals surface area contributed by atoms with Crippen molar-refractivity contribution in [1.29, 1.82) is 0 Å². The number of hydrogen-bond donors (Lipinski definition) is 1. The number of thiazole rings is 1. The van der Waals surface area contributed by atoms with E-state index in [4.69, 9.17) is 11.6 Å². The van der Waals surface area contributed by atoms with Gasteiger partial charge >= 0.3 is 0 Å². The molecule has 0 radical (unpaired) electrons. The van der Waals surface area contributed by atoms with Crippen LogP contribution in [0.2, 0.25) is 4.34 Å². The number of nitrogens with one attached hydrogen (secondary N) is 1. The maximum atomic E-state index is 5.96. The summed E-state index contributed by atoms with van der Waals surface area (Å²) in [5, 5.41) is 4.43. The molecular formula is C14H19ClN4S2. The van der Waals surface area contributed by atoms with E-state index in [1.807, 2.05) is 26.1 Å². The molecule has 0 bridgehead atoms. The molecule has 2 aromatic rings. The first kappa shape index (κ1) is 16.3. The summed E-state index contributed by atoms with van der Waals surface area (Å²) in [5.41, 5.74) is 1.10. The van der Waals surface area contributed by atoms with Gasteiger partial charge in [0.15, 0.2) is 5.96 Å². The van der Waals surface area contributed by atoms with Crippen LogP contribution in [-0.4, -0.2) is 29.9 Å². The Morgan fingerprint density at radius 2 is 2.14 bits per heavy atom. The fraction of sp³-hybridized carbons (Fsp3) is 0.429. The van der Waals surface area contributed by atoms with Crippen molar-refractivity contribution in [3.8, 4) is 0 Å². The van der Waals surface area contributed by atoms with Crippen LogP contribution in [0.1, 0.15) is 20.5 Å². The first-order valence-electron chi connectivity index (χ1n) is 6.58. The molecule has 0 atom stereocenters. The van der Waals surface area contributed by atoms with E-state index >= 15 is 0 Å². The summed E-state index contributed by atoms with van der Waals surface area (Å²) in [7, 11) is 3.81. The third-order valence-corrected chi connectivity index (χ3v) is 5.35. The summed E-state index contributed by atoms with van der Waals surface area (Å²) in [6, 6.07) is 3.97. The molecular weight excluding hydrogens is 324 g/mol. The van der Waals surface area contributed by atoms with Crippen LogP contribution in [-0.2, 0) is 13.1 Å². The van der Waals surface area contributed by atoms with E-state index in [1.54, 1.807) is 29.7 Å². The first-order valence-corrected chi connectivity index (χ1v) is 8.59. The van der Waals surface area contributed by atoms with Crippen LogP contribution in [0, 0.1) is 13.8 Å². The molecule has 0 aliphatic heterocycles. The zero-order valence-electron chi connectivity index (χ0n) is 12.6. The number of thiophene rings is 1. The Morgan fingerprint density at radius 3 is 2.67 bits per heavy atom. The highest BCUT2D eigenvalue weighted by molar-refractivity contribution is 7.16. The van der Waals surface area contributed by atoms with Crippen LogP contribution in [0.4, 0.5) is 0 Å². The molecule has 0 aliphatic rings. The highest BCUT2D eigenvalue weighted by Gasteiger charge is 2.10. The van der Waals surface area contributed by atoms with Crippen molar-refractivity contribution in [2.45, 2.75) is 26.9 Å². The van der Waals surface area contributed by atoms with Crippen molar-refractivity contribution in [2.24, 2.45) is 4.99 Å². The molecule has 7 heteroatoms. The Hall–Kier alpha value is -1.11. The van der Waals surface area contributed by atoms with Crippen LogP contribution >= 0.6 is 34.3 Å². The van der Waals surface area contributed by atoms with Gasteiger partial charge in [-0.15, -0.1) is 22.7 Å². The highest BCUT2D eigenvalue weighted by Crippen LogP contribution is 2.22. The van der Waals surface area contributed by atoms with Crippen molar-refractivity contribution in [1.82, 2.24) is 15.2 Å². The third-order valence-electron chi connectivity index (χ3n) is 3.07. The fourth-order valence-electron chi connectivity index (χ4n) is 1.90. The molecule has 0 amide bonds. The largest absolute Gasteiger partial charge is 0.350 e. The quantitative estimate of drug-likeness (QED) is 0.680. The summed E-state index contributed by atoms with van der Waals surface area (Å²) in [6.07, 6.45) is 0. The van der Waals surface area contributed by atoms with E-state index in [0.29, 0.717) is 6.54 Å². The average molecular weight is 343 g/mol. The molecule has 21 heavy (non-hydrogen) atoms. The van der Waals surface area contributed by atoms with Gasteiger partial charge in [-0.2, -0.15) is 0 Å². The van der Waals surface area contributed by atoms with Gasteiger partial charge in [-0.05, 0) is 26.0 Å². The molecule has 0 unspecified atom stereocenters. The Balaban J connectivity index is 1.93. The lowest BCUT2D eigenvalue weighted by molar-refractivity contribution is 0.481. The number of aliphatic imine (C=N–C) groups is 1. The average Bonchev–Trinajstić information content (AvgIpc) is 2.97. The summed E-state index contributed by atoms with van der Waals surface area (Å²) < 4.78 is 0.815. The monoisotopic (exact) mass is 342 g/mol. The van der Waals surface area contributed by atoms with Crippen molar-refractivity contribution in [2.75, 3.05) is 14.1 Å². The number of guanidine groups is 1. The van der Waals surface area contributed by atoms with Gasteiger partial charge in [0.1, 0.15) is 5.01 Å². The van der Waals surface area contributed by atoms with E-state index in [0.717, 1.165) is 27.5 Å². The molecule has 114 valence electrons. The fourth-order valence-corrected chi connectivity index (χ4v) is 3.91. The second kappa shape index (κ2) is 7.24. The zero-order valence-corrected chi connectivity index (χ0v) is 15.0.